The van der Waals surface area contributed by atoms with E-state index in [4.69, 9.17) is 10.5 Å². The minimum absolute atomic E-state index is 0.668. The van der Waals surface area contributed by atoms with Crippen LogP contribution in [0.1, 0.15) is 21.6 Å². The molecular formula is C15H20N2OS. The third-order valence-corrected chi connectivity index (χ3v) is 4.30. The molecule has 0 bridgehead atoms. The first-order valence-electron chi connectivity index (χ1n) is 6.39. The van der Waals surface area contributed by atoms with Crippen molar-refractivity contribution in [2.45, 2.75) is 27.2 Å². The van der Waals surface area contributed by atoms with Gasteiger partial charge in [0.15, 0.2) is 0 Å². The van der Waals surface area contributed by atoms with E-state index in [1.165, 1.54) is 33.1 Å². The second kappa shape index (κ2) is 5.72. The molecule has 102 valence electrons. The summed E-state index contributed by atoms with van der Waals surface area (Å²) in [5.74, 6) is 0.971. The number of nitrogens with zero attached hydrogens (tertiary/aromatic N) is 1. The Kier molecular flexibility index (Phi) is 4.22. The number of methoxy groups -OCH3 is 1. The quantitative estimate of drug-likeness (QED) is 0.932. The third-order valence-electron chi connectivity index (χ3n) is 3.46. The van der Waals surface area contributed by atoms with Gasteiger partial charge in [0.05, 0.1) is 12.8 Å². The fourth-order valence-electron chi connectivity index (χ4n) is 2.34. The highest BCUT2D eigenvalue weighted by atomic mass is 32.1. The van der Waals surface area contributed by atoms with Crippen LogP contribution in [0.4, 0.5) is 0 Å². The van der Waals surface area contributed by atoms with Gasteiger partial charge < -0.3 is 10.5 Å². The monoisotopic (exact) mass is 276 g/mol. The molecule has 2 N–H and O–H groups in total. The average Bonchev–Trinajstić information content (AvgIpc) is 2.83. The molecule has 0 aliphatic heterocycles. The van der Waals surface area contributed by atoms with E-state index < -0.39 is 0 Å². The number of nitrogens with two attached hydrogens (primary N) is 1. The van der Waals surface area contributed by atoms with Crippen LogP contribution in [0, 0.1) is 20.8 Å². The lowest BCUT2D eigenvalue weighted by Crippen LogP contribution is -2.00. The highest BCUT2D eigenvalue weighted by Crippen LogP contribution is 2.34. The number of ether oxygens (including phenoxy) is 1. The fourth-order valence-corrected chi connectivity index (χ4v) is 3.08. The summed E-state index contributed by atoms with van der Waals surface area (Å²) < 4.78 is 10.0. The van der Waals surface area contributed by atoms with Crippen molar-refractivity contribution in [1.82, 2.24) is 4.37 Å². The number of hydrogen-bond acceptors (Lipinski definition) is 4. The van der Waals surface area contributed by atoms with Crippen molar-refractivity contribution in [2.75, 3.05) is 13.7 Å². The van der Waals surface area contributed by atoms with Gasteiger partial charge in [0, 0.05) is 10.4 Å². The number of rotatable bonds is 4. The summed E-state index contributed by atoms with van der Waals surface area (Å²) in [6, 6.07) is 4.30. The Morgan fingerprint density at radius 2 is 1.95 bits per heavy atom. The lowest BCUT2D eigenvalue weighted by Gasteiger charge is -2.14. The largest absolute Gasteiger partial charge is 0.496 e. The molecule has 19 heavy (non-hydrogen) atoms. The molecule has 0 saturated heterocycles. The van der Waals surface area contributed by atoms with Gasteiger partial charge in [0.1, 0.15) is 5.75 Å². The topological polar surface area (TPSA) is 48.1 Å². The molecule has 1 aromatic carbocycles. The summed E-state index contributed by atoms with van der Waals surface area (Å²) in [6.07, 6.45) is 0.894. The summed E-state index contributed by atoms with van der Waals surface area (Å²) in [5.41, 5.74) is 11.4. The Hall–Kier alpha value is -1.39. The van der Waals surface area contributed by atoms with Crippen molar-refractivity contribution >= 4 is 11.5 Å². The summed E-state index contributed by atoms with van der Waals surface area (Å²) in [6.45, 7) is 6.95. The van der Waals surface area contributed by atoms with Crippen LogP contribution in [0.5, 0.6) is 5.75 Å². The Bertz CT molecular complexity index is 590. The number of benzene rings is 1. The second-order valence-electron chi connectivity index (χ2n) is 4.74. The van der Waals surface area contributed by atoms with Gasteiger partial charge in [0.2, 0.25) is 0 Å². The molecule has 0 radical (unpaired) electrons. The summed E-state index contributed by atoms with van der Waals surface area (Å²) in [4.78, 5) is 1.24. The molecule has 2 aromatic rings. The first kappa shape index (κ1) is 14.0. The van der Waals surface area contributed by atoms with E-state index in [1.54, 1.807) is 7.11 Å². The van der Waals surface area contributed by atoms with Crippen molar-refractivity contribution < 1.29 is 4.74 Å². The molecule has 0 aliphatic carbocycles. The molecule has 1 heterocycles. The van der Waals surface area contributed by atoms with Crippen molar-refractivity contribution in [3.05, 3.63) is 33.7 Å². The molecular weight excluding hydrogens is 256 g/mol. The highest BCUT2D eigenvalue weighted by molar-refractivity contribution is 7.06. The number of aromatic nitrogens is 1. The molecule has 0 amide bonds. The van der Waals surface area contributed by atoms with Crippen molar-refractivity contribution in [2.24, 2.45) is 5.73 Å². The summed E-state index contributed by atoms with van der Waals surface area (Å²) in [5, 5.41) is 0. The van der Waals surface area contributed by atoms with Gasteiger partial charge in [-0.3, -0.25) is 0 Å². The van der Waals surface area contributed by atoms with Crippen LogP contribution in [0.3, 0.4) is 0 Å². The van der Waals surface area contributed by atoms with E-state index in [2.05, 4.69) is 37.3 Å². The summed E-state index contributed by atoms with van der Waals surface area (Å²) >= 11 is 1.54. The van der Waals surface area contributed by atoms with E-state index in [9.17, 15) is 0 Å². The predicted molar refractivity (Wildman–Crippen MR) is 81.1 cm³/mol. The van der Waals surface area contributed by atoms with Crippen LogP contribution >= 0.6 is 11.5 Å². The molecule has 1 aromatic heterocycles. The third kappa shape index (κ3) is 2.65. The van der Waals surface area contributed by atoms with E-state index in [1.807, 2.05) is 0 Å². The maximum atomic E-state index is 5.59. The average molecular weight is 276 g/mol. The predicted octanol–water partition coefficient (Wildman–Crippen LogP) is 3.25. The molecule has 4 heteroatoms. The Morgan fingerprint density at radius 1 is 1.21 bits per heavy atom. The van der Waals surface area contributed by atoms with Crippen LogP contribution in [0.25, 0.3) is 11.3 Å². The molecule has 3 nitrogen and oxygen atoms in total. The number of aryl methyl sites for hydroxylation is 1. The standard InChI is InChI=1S/C15H20N2OS/c1-9-7-13(10(2)11(3)15(9)18-4)14-8-12(5-6-16)19-17-14/h7-8H,5-6,16H2,1-4H3. The molecule has 0 unspecified atom stereocenters. The molecule has 2 rings (SSSR count). The van der Waals surface area contributed by atoms with Crippen molar-refractivity contribution in [3.63, 3.8) is 0 Å². The van der Waals surface area contributed by atoms with Crippen LogP contribution < -0.4 is 10.5 Å². The van der Waals surface area contributed by atoms with Crippen molar-refractivity contribution in [1.29, 1.82) is 0 Å². The lowest BCUT2D eigenvalue weighted by molar-refractivity contribution is 0.408. The fraction of sp³-hybridized carbons (Fsp3) is 0.400. The minimum Gasteiger partial charge on any atom is -0.496 e. The van der Waals surface area contributed by atoms with Gasteiger partial charge in [-0.05, 0) is 74.1 Å². The first-order valence-corrected chi connectivity index (χ1v) is 7.16. The van der Waals surface area contributed by atoms with Gasteiger partial charge in [-0.15, -0.1) is 0 Å². The Labute approximate surface area is 118 Å². The zero-order valence-electron chi connectivity index (χ0n) is 11.9. The minimum atomic E-state index is 0.668. The van der Waals surface area contributed by atoms with E-state index in [0.717, 1.165) is 23.4 Å². The van der Waals surface area contributed by atoms with Crippen LogP contribution in [0.15, 0.2) is 12.1 Å². The Balaban J connectivity index is 2.50. The summed E-state index contributed by atoms with van der Waals surface area (Å²) in [7, 11) is 1.72. The molecule has 0 aliphatic rings. The second-order valence-corrected chi connectivity index (χ2v) is 5.63. The number of hydrogen-bond donors (Lipinski definition) is 1. The maximum absolute atomic E-state index is 5.59. The normalized spacial score (nSPS) is 10.8. The maximum Gasteiger partial charge on any atom is 0.124 e. The van der Waals surface area contributed by atoms with E-state index >= 15 is 0 Å². The molecule has 0 atom stereocenters. The van der Waals surface area contributed by atoms with Gasteiger partial charge in [-0.1, -0.05) is 0 Å². The van der Waals surface area contributed by atoms with Crippen molar-refractivity contribution in [3.8, 4) is 17.0 Å². The molecule has 0 spiro atoms. The van der Waals surface area contributed by atoms with Gasteiger partial charge in [0.25, 0.3) is 0 Å². The highest BCUT2D eigenvalue weighted by Gasteiger charge is 2.14. The van der Waals surface area contributed by atoms with Gasteiger partial charge in [-0.2, -0.15) is 4.37 Å². The van der Waals surface area contributed by atoms with E-state index in [-0.39, 0.29) is 0 Å². The SMILES string of the molecule is COc1c(C)cc(-c2cc(CCN)sn2)c(C)c1C. The van der Waals surface area contributed by atoms with Gasteiger partial charge in [-0.25, -0.2) is 0 Å². The van der Waals surface area contributed by atoms with E-state index in [0.29, 0.717) is 6.54 Å². The molecule has 0 saturated carbocycles. The molecule has 0 fully saturated rings. The van der Waals surface area contributed by atoms with Crippen LogP contribution in [0.2, 0.25) is 0 Å². The lowest BCUT2D eigenvalue weighted by atomic mass is 9.96. The van der Waals surface area contributed by atoms with Crippen LogP contribution in [-0.4, -0.2) is 18.0 Å². The zero-order chi connectivity index (χ0) is 14.0. The first-order chi connectivity index (χ1) is 9.08. The van der Waals surface area contributed by atoms with Crippen LogP contribution in [-0.2, 0) is 6.42 Å². The van der Waals surface area contributed by atoms with Gasteiger partial charge >= 0.3 is 0 Å². The smallest absolute Gasteiger partial charge is 0.124 e. The zero-order valence-corrected chi connectivity index (χ0v) is 12.7. The Morgan fingerprint density at radius 3 is 2.58 bits per heavy atom.